The van der Waals surface area contributed by atoms with Crippen molar-refractivity contribution in [3.8, 4) is 5.75 Å². The molecule has 0 heterocycles. The van der Waals surface area contributed by atoms with Gasteiger partial charge in [-0.2, -0.15) is 4.72 Å². The molecule has 1 atom stereocenters. The van der Waals surface area contributed by atoms with Crippen molar-refractivity contribution in [2.75, 3.05) is 12.4 Å². The van der Waals surface area contributed by atoms with Crippen LogP contribution in [-0.4, -0.2) is 27.5 Å². The number of halogens is 2. The Kier molecular flexibility index (Phi) is 6.29. The van der Waals surface area contributed by atoms with E-state index in [4.69, 9.17) is 27.9 Å². The van der Waals surface area contributed by atoms with Crippen molar-refractivity contribution in [2.45, 2.75) is 17.9 Å². The summed E-state index contributed by atoms with van der Waals surface area (Å²) in [7, 11) is -2.47. The summed E-state index contributed by atoms with van der Waals surface area (Å²) in [5.41, 5.74) is 0.512. The lowest BCUT2D eigenvalue weighted by Gasteiger charge is -2.15. The maximum absolute atomic E-state index is 12.4. The molecule has 0 radical (unpaired) electrons. The lowest BCUT2D eigenvalue weighted by Crippen LogP contribution is -2.41. The van der Waals surface area contributed by atoms with Gasteiger partial charge in [0.05, 0.1) is 18.2 Å². The van der Waals surface area contributed by atoms with Gasteiger partial charge in [-0.25, -0.2) is 8.42 Å². The summed E-state index contributed by atoms with van der Waals surface area (Å²) in [6.45, 7) is 1.43. The van der Waals surface area contributed by atoms with E-state index in [-0.39, 0.29) is 14.9 Å². The number of anilines is 1. The van der Waals surface area contributed by atoms with Crippen LogP contribution in [0.5, 0.6) is 5.75 Å². The van der Waals surface area contributed by atoms with Crippen LogP contribution in [0.15, 0.2) is 47.4 Å². The number of nitrogens with one attached hydrogen (secondary N) is 2. The largest absolute Gasteiger partial charge is 0.497 e. The van der Waals surface area contributed by atoms with Gasteiger partial charge in [-0.05, 0) is 49.4 Å². The molecule has 0 aliphatic heterocycles. The van der Waals surface area contributed by atoms with Crippen LogP contribution < -0.4 is 14.8 Å². The molecular weight excluding hydrogens is 387 g/mol. The molecular formula is C16H16Cl2N2O4S. The maximum Gasteiger partial charge on any atom is 0.242 e. The normalized spacial score (nSPS) is 12.5. The van der Waals surface area contributed by atoms with Crippen molar-refractivity contribution in [3.63, 3.8) is 0 Å². The lowest BCUT2D eigenvalue weighted by molar-refractivity contribution is -0.117. The van der Waals surface area contributed by atoms with E-state index in [0.717, 1.165) is 0 Å². The first-order chi connectivity index (χ1) is 11.7. The second kappa shape index (κ2) is 8.05. The highest BCUT2D eigenvalue weighted by molar-refractivity contribution is 7.89. The minimum Gasteiger partial charge on any atom is -0.497 e. The van der Waals surface area contributed by atoms with Gasteiger partial charge in [-0.3, -0.25) is 4.79 Å². The highest BCUT2D eigenvalue weighted by Crippen LogP contribution is 2.25. The molecule has 0 aliphatic carbocycles. The minimum absolute atomic E-state index is 0.0136. The topological polar surface area (TPSA) is 84.5 Å². The Morgan fingerprint density at radius 1 is 1.12 bits per heavy atom. The summed E-state index contributed by atoms with van der Waals surface area (Å²) in [6.07, 6.45) is 0. The lowest BCUT2D eigenvalue weighted by atomic mass is 10.2. The second-order valence-corrected chi connectivity index (χ2v) is 7.66. The first kappa shape index (κ1) is 19.5. The van der Waals surface area contributed by atoms with E-state index in [0.29, 0.717) is 11.4 Å². The molecule has 6 nitrogen and oxygen atoms in total. The summed E-state index contributed by atoms with van der Waals surface area (Å²) < 4.78 is 32.1. The fourth-order valence-electron chi connectivity index (χ4n) is 1.96. The van der Waals surface area contributed by atoms with Gasteiger partial charge < -0.3 is 10.1 Å². The van der Waals surface area contributed by atoms with Gasteiger partial charge in [0.15, 0.2) is 0 Å². The average Bonchev–Trinajstić information content (AvgIpc) is 2.57. The zero-order valence-corrected chi connectivity index (χ0v) is 15.7. The summed E-state index contributed by atoms with van der Waals surface area (Å²) in [4.78, 5) is 12.0. The molecule has 0 bridgehead atoms. The van der Waals surface area contributed by atoms with Crippen LogP contribution in [-0.2, 0) is 14.8 Å². The van der Waals surface area contributed by atoms with Crippen molar-refractivity contribution >= 4 is 44.8 Å². The van der Waals surface area contributed by atoms with E-state index < -0.39 is 22.0 Å². The molecule has 134 valence electrons. The molecule has 0 saturated carbocycles. The molecule has 2 rings (SSSR count). The first-order valence-electron chi connectivity index (χ1n) is 7.15. The first-order valence-corrected chi connectivity index (χ1v) is 9.39. The average molecular weight is 403 g/mol. The molecule has 1 amide bonds. The van der Waals surface area contributed by atoms with Gasteiger partial charge in [0.25, 0.3) is 0 Å². The van der Waals surface area contributed by atoms with Crippen LogP contribution in [0.2, 0.25) is 10.0 Å². The Morgan fingerprint density at radius 2 is 1.76 bits per heavy atom. The van der Waals surface area contributed by atoms with Gasteiger partial charge in [0.1, 0.15) is 10.6 Å². The number of hydrogen-bond donors (Lipinski definition) is 2. The van der Waals surface area contributed by atoms with Gasteiger partial charge >= 0.3 is 0 Å². The molecule has 25 heavy (non-hydrogen) atoms. The number of ether oxygens (including phenoxy) is 1. The summed E-state index contributed by atoms with van der Waals surface area (Å²) in [5, 5.41) is 2.85. The molecule has 0 aromatic heterocycles. The minimum atomic E-state index is -4.01. The Balaban J connectivity index is 2.10. The Morgan fingerprint density at radius 3 is 2.36 bits per heavy atom. The van der Waals surface area contributed by atoms with Crippen LogP contribution in [0.3, 0.4) is 0 Å². The molecule has 2 aromatic carbocycles. The Hall–Kier alpha value is -1.80. The number of rotatable bonds is 6. The van der Waals surface area contributed by atoms with Crippen LogP contribution in [0.1, 0.15) is 6.92 Å². The quantitative estimate of drug-likeness (QED) is 0.775. The van der Waals surface area contributed by atoms with E-state index >= 15 is 0 Å². The Bertz CT molecular complexity index is 870. The molecule has 0 unspecified atom stereocenters. The van der Waals surface area contributed by atoms with E-state index in [2.05, 4.69) is 10.0 Å². The zero-order valence-electron chi connectivity index (χ0n) is 13.4. The highest BCUT2D eigenvalue weighted by Gasteiger charge is 2.24. The van der Waals surface area contributed by atoms with E-state index in [9.17, 15) is 13.2 Å². The van der Waals surface area contributed by atoms with Gasteiger partial charge in [-0.15, -0.1) is 0 Å². The van der Waals surface area contributed by atoms with Crippen molar-refractivity contribution in [1.29, 1.82) is 0 Å². The molecule has 0 spiro atoms. The van der Waals surface area contributed by atoms with Crippen LogP contribution in [0, 0.1) is 0 Å². The predicted octanol–water partition coefficient (Wildman–Crippen LogP) is 3.31. The Labute approximate surface area is 156 Å². The van der Waals surface area contributed by atoms with E-state index in [1.54, 1.807) is 24.3 Å². The number of hydrogen-bond acceptors (Lipinski definition) is 4. The van der Waals surface area contributed by atoms with Crippen LogP contribution in [0.25, 0.3) is 0 Å². The van der Waals surface area contributed by atoms with Crippen LogP contribution >= 0.6 is 23.2 Å². The number of methoxy groups -OCH3 is 1. The number of benzene rings is 2. The van der Waals surface area contributed by atoms with E-state index in [1.807, 2.05) is 0 Å². The molecule has 2 aromatic rings. The van der Waals surface area contributed by atoms with Crippen molar-refractivity contribution in [2.24, 2.45) is 0 Å². The van der Waals surface area contributed by atoms with Crippen LogP contribution in [0.4, 0.5) is 5.69 Å². The fourth-order valence-corrected chi connectivity index (χ4v) is 3.92. The predicted molar refractivity (Wildman–Crippen MR) is 97.9 cm³/mol. The molecule has 9 heteroatoms. The number of sulfonamides is 1. The number of amides is 1. The smallest absolute Gasteiger partial charge is 0.242 e. The van der Waals surface area contributed by atoms with Gasteiger partial charge in [0.2, 0.25) is 15.9 Å². The molecule has 2 N–H and O–H groups in total. The molecule has 0 saturated heterocycles. The fraction of sp³-hybridized carbons (Fsp3) is 0.188. The zero-order chi connectivity index (χ0) is 18.6. The number of carbonyl (C=O) groups excluding carboxylic acids is 1. The summed E-state index contributed by atoms with van der Waals surface area (Å²) in [6, 6.07) is 9.69. The second-order valence-electron chi connectivity index (χ2n) is 5.14. The standard InChI is InChI=1S/C16H16Cl2N2O4S/c1-10(16(21)19-12-4-6-13(24-2)7-5-12)20-25(22,23)15-9-11(17)3-8-14(15)18/h3-10,20H,1-2H3,(H,19,21)/t10-/m1/s1. The maximum atomic E-state index is 12.4. The van der Waals surface area contributed by atoms with Gasteiger partial charge in [0, 0.05) is 10.7 Å². The van der Waals surface area contributed by atoms with Gasteiger partial charge in [-0.1, -0.05) is 23.2 Å². The molecule has 0 fully saturated rings. The summed E-state index contributed by atoms with van der Waals surface area (Å²) >= 11 is 11.7. The van der Waals surface area contributed by atoms with Crippen molar-refractivity contribution in [1.82, 2.24) is 4.72 Å². The SMILES string of the molecule is COc1ccc(NC(=O)[C@@H](C)NS(=O)(=O)c2cc(Cl)ccc2Cl)cc1. The molecule has 0 aliphatic rings. The van der Waals surface area contributed by atoms with Crippen molar-refractivity contribution < 1.29 is 17.9 Å². The number of carbonyl (C=O) groups is 1. The highest BCUT2D eigenvalue weighted by atomic mass is 35.5. The monoisotopic (exact) mass is 402 g/mol. The summed E-state index contributed by atoms with van der Waals surface area (Å²) in [5.74, 6) is 0.120. The third-order valence-corrected chi connectivity index (χ3v) is 5.52. The van der Waals surface area contributed by atoms with E-state index in [1.165, 1.54) is 32.2 Å². The third-order valence-electron chi connectivity index (χ3n) is 3.27. The third kappa shape index (κ3) is 5.09. The van der Waals surface area contributed by atoms with Crippen molar-refractivity contribution in [3.05, 3.63) is 52.5 Å².